The second-order valence-corrected chi connectivity index (χ2v) is 2.06. The molecule has 0 aliphatic heterocycles. The van der Waals surface area contributed by atoms with Gasteiger partial charge in [-0.1, -0.05) is 36.3 Å². The van der Waals surface area contributed by atoms with Crippen molar-refractivity contribution in [3.63, 3.8) is 0 Å². The van der Waals surface area contributed by atoms with Crippen LogP contribution in [-0.2, 0) is 14.3 Å². The molecule has 0 radical (unpaired) electrons. The van der Waals surface area contributed by atoms with E-state index >= 15 is 0 Å². The van der Waals surface area contributed by atoms with Crippen molar-refractivity contribution in [2.75, 3.05) is 13.2 Å². The van der Waals surface area contributed by atoms with Crippen LogP contribution in [0.3, 0.4) is 0 Å². The molecule has 0 aromatic carbocycles. The molecule has 0 aliphatic carbocycles. The number of hydrogen-bond donors (Lipinski definition) is 0. The van der Waals surface area contributed by atoms with Crippen LogP contribution in [-0.4, -0.2) is 19.2 Å². The molecular formula is C13H34O3. The summed E-state index contributed by atoms with van der Waals surface area (Å²) in [6, 6.07) is 0. The van der Waals surface area contributed by atoms with Crippen LogP contribution in [0, 0.1) is 0 Å². The van der Waals surface area contributed by atoms with Gasteiger partial charge in [-0.25, -0.2) is 0 Å². The largest absolute Gasteiger partial charge is 0.499 e. The molecule has 0 fully saturated rings. The van der Waals surface area contributed by atoms with Gasteiger partial charge in [-0.3, -0.25) is 4.79 Å². The monoisotopic (exact) mass is 238 g/mol. The average Bonchev–Trinajstić information content (AvgIpc) is 1.87. The van der Waals surface area contributed by atoms with Crippen LogP contribution in [0.25, 0.3) is 0 Å². The summed E-state index contributed by atoms with van der Waals surface area (Å²) in [6.45, 7) is 11.7. The second kappa shape index (κ2) is 29.2. The molecule has 0 aromatic rings. The van der Waals surface area contributed by atoms with Gasteiger partial charge in [0, 0.05) is 6.92 Å². The van der Waals surface area contributed by atoms with Crippen molar-refractivity contribution in [3.05, 3.63) is 12.3 Å². The topological polar surface area (TPSA) is 35.5 Å². The third-order valence-electron chi connectivity index (χ3n) is 0.738. The van der Waals surface area contributed by atoms with Crippen LogP contribution in [0.4, 0.5) is 0 Å². The van der Waals surface area contributed by atoms with E-state index in [9.17, 15) is 4.79 Å². The third kappa shape index (κ3) is 74.8. The van der Waals surface area contributed by atoms with Crippen molar-refractivity contribution in [1.82, 2.24) is 0 Å². The Labute approximate surface area is 104 Å². The predicted molar refractivity (Wildman–Crippen MR) is 75.7 cm³/mol. The molecule has 0 bridgehead atoms. The number of esters is 1. The maximum Gasteiger partial charge on any atom is 0.302 e. The molecule has 0 aromatic heterocycles. The fraction of sp³-hybridized carbons (Fsp3) is 0.769. The molecule has 3 heteroatoms. The number of carbonyl (C=O) groups excluding carboxylic acids is 1. The molecule has 0 unspecified atom stereocenters. The molecule has 0 aliphatic rings. The van der Waals surface area contributed by atoms with Gasteiger partial charge in [-0.05, 0) is 20.8 Å². The van der Waals surface area contributed by atoms with E-state index in [1.807, 2.05) is 13.8 Å². The molecule has 0 rings (SSSR count). The Bertz CT molecular complexity index is 115. The normalized spacial score (nSPS) is 5.75. The van der Waals surface area contributed by atoms with Gasteiger partial charge in [0.05, 0.1) is 19.0 Å². The van der Waals surface area contributed by atoms with Crippen LogP contribution in [0.5, 0.6) is 0 Å². The zero-order valence-electron chi connectivity index (χ0n) is 8.35. The summed E-state index contributed by atoms with van der Waals surface area (Å²) < 4.78 is 9.25. The molecule has 0 saturated heterocycles. The molecule has 0 N–H and O–H groups in total. The minimum absolute atomic E-state index is 0. The first-order valence-corrected chi connectivity index (χ1v) is 3.96. The highest BCUT2D eigenvalue weighted by atomic mass is 16.5. The molecule has 0 atom stereocenters. The SMILES string of the molecule is C.C.C.C.C=C(C)OCC.CCOC(C)=O. The van der Waals surface area contributed by atoms with Gasteiger partial charge >= 0.3 is 5.97 Å². The minimum Gasteiger partial charge on any atom is -0.499 e. The number of allylic oxidation sites excluding steroid dienone is 1. The molecule has 3 nitrogen and oxygen atoms in total. The lowest BCUT2D eigenvalue weighted by Crippen LogP contribution is -1.95. The first-order chi connectivity index (χ1) is 5.54. The summed E-state index contributed by atoms with van der Waals surface area (Å²) in [5.41, 5.74) is 0. The lowest BCUT2D eigenvalue weighted by molar-refractivity contribution is -0.140. The lowest BCUT2D eigenvalue weighted by atomic mass is 10.6. The van der Waals surface area contributed by atoms with E-state index in [0.717, 1.165) is 12.4 Å². The van der Waals surface area contributed by atoms with E-state index in [-0.39, 0.29) is 35.7 Å². The summed E-state index contributed by atoms with van der Waals surface area (Å²) in [4.78, 5) is 9.82. The summed E-state index contributed by atoms with van der Waals surface area (Å²) in [5.74, 6) is 0.579. The predicted octanol–water partition coefficient (Wildman–Crippen LogP) is 4.67. The highest BCUT2D eigenvalue weighted by Gasteiger charge is 1.81. The Kier molecular flexibility index (Phi) is 66.3. The van der Waals surface area contributed by atoms with E-state index in [0.29, 0.717) is 6.61 Å². The van der Waals surface area contributed by atoms with Gasteiger partial charge in [-0.2, -0.15) is 0 Å². The number of rotatable bonds is 3. The third-order valence-corrected chi connectivity index (χ3v) is 0.738. The molecule has 0 spiro atoms. The fourth-order valence-electron chi connectivity index (χ4n) is 0.450. The van der Waals surface area contributed by atoms with Gasteiger partial charge in [0.25, 0.3) is 0 Å². The van der Waals surface area contributed by atoms with E-state index < -0.39 is 0 Å². The van der Waals surface area contributed by atoms with Crippen LogP contribution in [0.15, 0.2) is 12.3 Å². The lowest BCUT2D eigenvalue weighted by Gasteiger charge is -1.95. The number of carbonyl (C=O) groups is 1. The Morgan fingerprint density at radius 3 is 1.25 bits per heavy atom. The van der Waals surface area contributed by atoms with Gasteiger partial charge in [0.2, 0.25) is 0 Å². The minimum atomic E-state index is -0.211. The highest BCUT2D eigenvalue weighted by molar-refractivity contribution is 5.65. The van der Waals surface area contributed by atoms with Gasteiger partial charge in [0.15, 0.2) is 0 Å². The molecule has 104 valence electrons. The quantitative estimate of drug-likeness (QED) is 0.529. The van der Waals surface area contributed by atoms with Crippen molar-refractivity contribution in [2.24, 2.45) is 0 Å². The van der Waals surface area contributed by atoms with Gasteiger partial charge in [0.1, 0.15) is 0 Å². The Morgan fingerprint density at radius 2 is 1.25 bits per heavy atom. The fourth-order valence-corrected chi connectivity index (χ4v) is 0.450. The first kappa shape index (κ1) is 36.3. The van der Waals surface area contributed by atoms with Crippen molar-refractivity contribution >= 4 is 5.97 Å². The van der Waals surface area contributed by atoms with Crippen LogP contribution < -0.4 is 0 Å². The van der Waals surface area contributed by atoms with Gasteiger partial charge < -0.3 is 9.47 Å². The summed E-state index contributed by atoms with van der Waals surface area (Å²) >= 11 is 0. The van der Waals surface area contributed by atoms with Crippen LogP contribution in [0.1, 0.15) is 57.4 Å². The van der Waals surface area contributed by atoms with Gasteiger partial charge in [-0.15, -0.1) is 0 Å². The van der Waals surface area contributed by atoms with Crippen molar-refractivity contribution in [3.8, 4) is 0 Å². The Hall–Kier alpha value is -0.990. The Morgan fingerprint density at radius 1 is 0.938 bits per heavy atom. The van der Waals surface area contributed by atoms with E-state index in [2.05, 4.69) is 11.3 Å². The smallest absolute Gasteiger partial charge is 0.302 e. The summed E-state index contributed by atoms with van der Waals surface area (Å²) in [5, 5.41) is 0. The summed E-state index contributed by atoms with van der Waals surface area (Å²) in [7, 11) is 0. The van der Waals surface area contributed by atoms with E-state index in [4.69, 9.17) is 4.74 Å². The highest BCUT2D eigenvalue weighted by Crippen LogP contribution is 1.85. The first-order valence-electron chi connectivity index (χ1n) is 3.96. The second-order valence-electron chi connectivity index (χ2n) is 2.06. The molecule has 16 heavy (non-hydrogen) atoms. The summed E-state index contributed by atoms with van der Waals surface area (Å²) in [6.07, 6.45) is 0. The zero-order chi connectivity index (χ0) is 9.98. The van der Waals surface area contributed by atoms with E-state index in [1.165, 1.54) is 6.92 Å². The van der Waals surface area contributed by atoms with Crippen LogP contribution >= 0.6 is 0 Å². The number of hydrogen-bond acceptors (Lipinski definition) is 3. The van der Waals surface area contributed by atoms with Crippen molar-refractivity contribution < 1.29 is 14.3 Å². The Balaban J connectivity index is -0.0000000250. The molecule has 0 saturated carbocycles. The van der Waals surface area contributed by atoms with Crippen molar-refractivity contribution in [1.29, 1.82) is 0 Å². The zero-order valence-corrected chi connectivity index (χ0v) is 8.35. The number of ether oxygens (including phenoxy) is 2. The standard InChI is InChI=1S/C5H10O.C4H8O2.4CH4/c1-4-6-5(2)3;1-3-6-4(2)5;;;;/h2,4H2,1,3H3;3H2,1-2H3;4*1H4. The molecular weight excluding hydrogens is 204 g/mol. The maximum absolute atomic E-state index is 9.82. The molecule has 0 amide bonds. The maximum atomic E-state index is 9.82. The average molecular weight is 238 g/mol. The van der Waals surface area contributed by atoms with Crippen LogP contribution in [0.2, 0.25) is 0 Å². The molecule has 0 heterocycles. The van der Waals surface area contributed by atoms with Crippen molar-refractivity contribution in [2.45, 2.75) is 57.4 Å². The van der Waals surface area contributed by atoms with E-state index in [1.54, 1.807) is 6.92 Å².